The molecule has 0 heterocycles. The lowest BCUT2D eigenvalue weighted by Gasteiger charge is -2.44. The summed E-state index contributed by atoms with van der Waals surface area (Å²) in [5, 5.41) is 28.7. The van der Waals surface area contributed by atoms with Crippen LogP contribution in [-0.4, -0.2) is 50.8 Å². The lowest BCUT2D eigenvalue weighted by atomic mass is 10.2. The molecule has 0 spiro atoms. The van der Waals surface area contributed by atoms with Crippen LogP contribution >= 0.6 is 12.6 Å². The van der Waals surface area contributed by atoms with Crippen LogP contribution in [0.3, 0.4) is 0 Å². The molecule has 0 fully saturated rings. The number of nitrogens with zero attached hydrogens (tertiary/aromatic N) is 1. The second-order valence-corrected chi connectivity index (χ2v) is 3.78. The summed E-state index contributed by atoms with van der Waals surface area (Å²) < 4.78 is -0.149. The Kier molecular flexibility index (Phi) is 5.24. The van der Waals surface area contributed by atoms with Gasteiger partial charge in [0.25, 0.3) is 0 Å². The van der Waals surface area contributed by atoms with E-state index in [1.54, 1.807) is 20.8 Å². The van der Waals surface area contributed by atoms with E-state index in [2.05, 4.69) is 12.6 Å². The highest BCUT2D eigenvalue weighted by atomic mass is 32.1. The van der Waals surface area contributed by atoms with Gasteiger partial charge in [0, 0.05) is 26.5 Å². The predicted molar refractivity (Wildman–Crippen MR) is 54.0 cm³/mol. The van der Waals surface area contributed by atoms with Crippen LogP contribution in [0.1, 0.15) is 20.8 Å². The lowest BCUT2D eigenvalue weighted by Crippen LogP contribution is -2.65. The molecule has 3 unspecified atom stereocenters. The maximum Gasteiger partial charge on any atom is 0.191 e. The third-order valence-corrected chi connectivity index (χ3v) is 2.77. The van der Waals surface area contributed by atoms with Crippen LogP contribution in [0.15, 0.2) is 0 Å². The van der Waals surface area contributed by atoms with Crippen LogP contribution < -0.4 is 0 Å². The number of hydrogen-bond acceptors (Lipinski definition) is 4. The van der Waals surface area contributed by atoms with E-state index in [-0.39, 0.29) is 4.48 Å². The molecule has 0 bridgehead atoms. The Bertz CT molecular complexity index is 129. The molecular formula is C8H20NO3S+. The van der Waals surface area contributed by atoms with Crippen molar-refractivity contribution in [2.45, 2.75) is 39.5 Å². The number of hydrogen-bond donors (Lipinski definition) is 4. The van der Waals surface area contributed by atoms with Gasteiger partial charge < -0.3 is 15.3 Å². The first-order chi connectivity index (χ1) is 5.89. The Morgan fingerprint density at radius 1 is 1.00 bits per heavy atom. The minimum absolute atomic E-state index is 0.149. The molecule has 5 heteroatoms. The molecule has 0 amide bonds. The van der Waals surface area contributed by atoms with Gasteiger partial charge in [-0.15, -0.1) is 0 Å². The number of aliphatic hydroxyl groups excluding tert-OH is 3. The monoisotopic (exact) mass is 210 g/mol. The molecule has 0 aliphatic carbocycles. The van der Waals surface area contributed by atoms with Crippen molar-refractivity contribution in [1.82, 2.24) is 0 Å². The molecule has 4 nitrogen and oxygen atoms in total. The highest BCUT2D eigenvalue weighted by Crippen LogP contribution is 2.20. The van der Waals surface area contributed by atoms with E-state index < -0.39 is 18.7 Å². The van der Waals surface area contributed by atoms with Gasteiger partial charge in [0.1, 0.15) is 0 Å². The number of aliphatic hydroxyl groups is 3. The summed E-state index contributed by atoms with van der Waals surface area (Å²) in [5.41, 5.74) is 0. The molecule has 80 valence electrons. The zero-order chi connectivity index (χ0) is 10.6. The summed E-state index contributed by atoms with van der Waals surface area (Å²) in [6.45, 7) is 5.10. The standard InChI is InChI=1S/C8H19NO3S/c1-6(10)9(4-5-13,7(2)11)8(3)12/h6-8,10-12H,4-5H2,1-3H3/p+1. The van der Waals surface area contributed by atoms with Crippen molar-refractivity contribution in [1.29, 1.82) is 0 Å². The fraction of sp³-hybridized carbons (Fsp3) is 1.00. The van der Waals surface area contributed by atoms with Crippen LogP contribution in [0.25, 0.3) is 0 Å². The third-order valence-electron chi connectivity index (χ3n) is 2.57. The van der Waals surface area contributed by atoms with Crippen molar-refractivity contribution in [3.05, 3.63) is 0 Å². The fourth-order valence-corrected chi connectivity index (χ4v) is 2.02. The van der Waals surface area contributed by atoms with Crippen molar-refractivity contribution in [2.75, 3.05) is 12.3 Å². The zero-order valence-corrected chi connectivity index (χ0v) is 9.28. The number of quaternary nitrogens is 1. The van der Waals surface area contributed by atoms with Crippen molar-refractivity contribution >= 4 is 12.6 Å². The second kappa shape index (κ2) is 5.17. The normalized spacial score (nSPS) is 23.3. The van der Waals surface area contributed by atoms with Crippen LogP contribution in [0.2, 0.25) is 0 Å². The minimum Gasteiger partial charge on any atom is -0.345 e. The highest BCUT2D eigenvalue weighted by molar-refractivity contribution is 7.80. The molecule has 13 heavy (non-hydrogen) atoms. The molecule has 0 rings (SSSR count). The molecule has 0 radical (unpaired) electrons. The Hall–Kier alpha value is 0.190. The molecule has 0 aromatic carbocycles. The first-order valence-corrected chi connectivity index (χ1v) is 5.05. The van der Waals surface area contributed by atoms with Crippen molar-refractivity contribution < 1.29 is 19.8 Å². The SMILES string of the molecule is CC(O)[N+](CCS)(C(C)O)C(C)O. The van der Waals surface area contributed by atoms with Crippen molar-refractivity contribution in [3.8, 4) is 0 Å². The molecule has 0 saturated carbocycles. The van der Waals surface area contributed by atoms with E-state index in [9.17, 15) is 15.3 Å². The van der Waals surface area contributed by atoms with Gasteiger partial charge >= 0.3 is 0 Å². The van der Waals surface area contributed by atoms with Crippen LogP contribution in [0, 0.1) is 0 Å². The lowest BCUT2D eigenvalue weighted by molar-refractivity contribution is -1.04. The van der Waals surface area contributed by atoms with E-state index in [1.807, 2.05) is 0 Å². The number of rotatable bonds is 5. The van der Waals surface area contributed by atoms with Gasteiger partial charge in [-0.05, 0) is 0 Å². The van der Waals surface area contributed by atoms with Crippen LogP contribution in [0.4, 0.5) is 0 Å². The molecule has 0 aromatic rings. The molecule has 3 N–H and O–H groups in total. The maximum absolute atomic E-state index is 9.55. The average Bonchev–Trinajstić information content (AvgIpc) is 1.97. The second-order valence-electron chi connectivity index (χ2n) is 3.34. The van der Waals surface area contributed by atoms with Gasteiger partial charge in [-0.2, -0.15) is 12.6 Å². The molecule has 0 aromatic heterocycles. The third kappa shape index (κ3) is 2.57. The van der Waals surface area contributed by atoms with Crippen molar-refractivity contribution in [2.24, 2.45) is 0 Å². The van der Waals surface area contributed by atoms with E-state index in [4.69, 9.17) is 0 Å². The van der Waals surface area contributed by atoms with Gasteiger partial charge in [0.15, 0.2) is 18.7 Å². The van der Waals surface area contributed by atoms with Gasteiger partial charge in [-0.3, -0.25) is 0 Å². The fourth-order valence-electron chi connectivity index (χ4n) is 1.67. The van der Waals surface area contributed by atoms with Gasteiger partial charge in [0.2, 0.25) is 0 Å². The van der Waals surface area contributed by atoms with E-state index in [0.717, 1.165) is 0 Å². The summed E-state index contributed by atoms with van der Waals surface area (Å²) in [7, 11) is 0. The average molecular weight is 210 g/mol. The molecule has 0 aliphatic rings. The molecule has 0 aliphatic heterocycles. The summed E-state index contributed by atoms with van der Waals surface area (Å²) >= 11 is 4.05. The quantitative estimate of drug-likeness (QED) is 0.287. The summed E-state index contributed by atoms with van der Waals surface area (Å²) in [6, 6.07) is 0. The Morgan fingerprint density at radius 2 is 1.31 bits per heavy atom. The van der Waals surface area contributed by atoms with Gasteiger partial charge in [-0.1, -0.05) is 0 Å². The molecular weight excluding hydrogens is 190 g/mol. The maximum atomic E-state index is 9.55. The summed E-state index contributed by atoms with van der Waals surface area (Å²) in [6.07, 6.45) is -2.44. The van der Waals surface area contributed by atoms with Crippen LogP contribution in [0.5, 0.6) is 0 Å². The first kappa shape index (κ1) is 13.2. The number of thiol groups is 1. The Labute approximate surface area is 84.8 Å². The van der Waals surface area contributed by atoms with E-state index in [1.165, 1.54) is 0 Å². The first-order valence-electron chi connectivity index (χ1n) is 4.41. The van der Waals surface area contributed by atoms with Crippen LogP contribution in [-0.2, 0) is 0 Å². The molecule has 0 saturated heterocycles. The molecule has 3 atom stereocenters. The predicted octanol–water partition coefficient (Wildman–Crippen LogP) is -0.252. The largest absolute Gasteiger partial charge is 0.345 e. The Morgan fingerprint density at radius 3 is 1.38 bits per heavy atom. The van der Waals surface area contributed by atoms with Gasteiger partial charge in [-0.25, -0.2) is 4.48 Å². The van der Waals surface area contributed by atoms with E-state index >= 15 is 0 Å². The highest BCUT2D eigenvalue weighted by Gasteiger charge is 2.41. The van der Waals surface area contributed by atoms with E-state index in [0.29, 0.717) is 12.3 Å². The smallest absolute Gasteiger partial charge is 0.191 e. The van der Waals surface area contributed by atoms with Gasteiger partial charge in [0.05, 0.1) is 6.54 Å². The van der Waals surface area contributed by atoms with Crippen molar-refractivity contribution in [3.63, 3.8) is 0 Å². The summed E-state index contributed by atoms with van der Waals surface area (Å²) in [5.74, 6) is 0.501. The topological polar surface area (TPSA) is 60.7 Å². The zero-order valence-electron chi connectivity index (χ0n) is 8.38. The minimum atomic E-state index is -0.813. The Balaban J connectivity index is 4.82. The summed E-state index contributed by atoms with van der Waals surface area (Å²) in [4.78, 5) is 0.